The van der Waals surface area contributed by atoms with Crippen molar-refractivity contribution in [2.75, 3.05) is 6.61 Å². The summed E-state index contributed by atoms with van der Waals surface area (Å²) in [6.07, 6.45) is 19.7. The smallest absolute Gasteiger partial charge is 0.330 e. The summed E-state index contributed by atoms with van der Waals surface area (Å²) in [5, 5.41) is 10.2. The number of nitrogens with zero attached hydrogens (tertiary/aromatic N) is 1. The molecule has 0 aromatic heterocycles. The molecule has 3 heteroatoms. The molecule has 2 atom stereocenters. The maximum atomic E-state index is 11.0. The lowest BCUT2D eigenvalue weighted by Crippen LogP contribution is -2.26. The van der Waals surface area contributed by atoms with E-state index in [1.165, 1.54) is 79.7 Å². The Morgan fingerprint density at radius 1 is 0.949 bits per heavy atom. The van der Waals surface area contributed by atoms with E-state index in [2.05, 4.69) is 68.1 Å². The molecular formula is C36H49NO2. The van der Waals surface area contributed by atoms with Crippen LogP contribution in [0.1, 0.15) is 120 Å². The Kier molecular flexibility index (Phi) is 13.3. The second-order valence-corrected chi connectivity index (χ2v) is 11.6. The molecule has 2 aromatic carbocycles. The lowest BCUT2D eigenvalue weighted by molar-refractivity contribution is -0.137. The van der Waals surface area contributed by atoms with Gasteiger partial charge in [-0.05, 0) is 73.1 Å². The lowest BCUT2D eigenvalue weighted by Gasteiger charge is -2.36. The minimum atomic E-state index is -0.327. The number of hydrogen-bond donors (Lipinski definition) is 0. The monoisotopic (exact) mass is 527 g/mol. The van der Waals surface area contributed by atoms with Gasteiger partial charge in [0.25, 0.3) is 0 Å². The molecule has 0 bridgehead atoms. The summed E-state index contributed by atoms with van der Waals surface area (Å²) in [5.74, 6) is 0.168. The van der Waals surface area contributed by atoms with Crippen LogP contribution in [0.4, 0.5) is 0 Å². The van der Waals surface area contributed by atoms with E-state index in [9.17, 15) is 10.1 Å². The van der Waals surface area contributed by atoms with Gasteiger partial charge in [-0.25, -0.2) is 4.79 Å². The number of nitriles is 1. The third kappa shape index (κ3) is 10.3. The quantitative estimate of drug-likeness (QED) is 0.117. The average Bonchev–Trinajstić information content (AvgIpc) is 2.99. The second-order valence-electron chi connectivity index (χ2n) is 11.6. The van der Waals surface area contributed by atoms with Crippen LogP contribution < -0.4 is 0 Å². The Morgan fingerprint density at radius 2 is 1.56 bits per heavy atom. The standard InChI is InChI=1S/C36H49NO2/c1-3-5-15-30-17-19-31(20-18-30)32-21-23-33(24-22-32)34-16-14-26-36(28-34,29-37)25-12-10-8-6-7-9-11-13-27-39-35(38)4-2/h4,17-24,34H,2-3,5-16,25-28H2,1H3. The zero-order valence-corrected chi connectivity index (χ0v) is 24.3. The van der Waals surface area contributed by atoms with Crippen molar-refractivity contribution >= 4 is 5.97 Å². The fourth-order valence-electron chi connectivity index (χ4n) is 6.08. The highest BCUT2D eigenvalue weighted by molar-refractivity contribution is 5.81. The van der Waals surface area contributed by atoms with Crippen LogP contribution in [0.15, 0.2) is 61.2 Å². The third-order valence-corrected chi connectivity index (χ3v) is 8.53. The van der Waals surface area contributed by atoms with E-state index in [0.29, 0.717) is 12.5 Å². The molecule has 39 heavy (non-hydrogen) atoms. The van der Waals surface area contributed by atoms with Crippen molar-refractivity contribution in [1.82, 2.24) is 0 Å². The highest BCUT2D eigenvalue weighted by atomic mass is 16.5. The number of esters is 1. The summed E-state index contributed by atoms with van der Waals surface area (Å²) in [4.78, 5) is 11.0. The number of aryl methyl sites for hydroxylation is 1. The topological polar surface area (TPSA) is 50.1 Å². The first-order valence-corrected chi connectivity index (χ1v) is 15.5. The molecule has 1 saturated carbocycles. The van der Waals surface area contributed by atoms with E-state index in [1.54, 1.807) is 0 Å². The maximum absolute atomic E-state index is 11.0. The van der Waals surface area contributed by atoms with Crippen LogP contribution >= 0.6 is 0 Å². The second kappa shape index (κ2) is 17.0. The zero-order valence-electron chi connectivity index (χ0n) is 24.3. The molecule has 2 unspecified atom stereocenters. The van der Waals surface area contributed by atoms with Gasteiger partial charge < -0.3 is 4.74 Å². The van der Waals surface area contributed by atoms with Crippen LogP contribution in [-0.4, -0.2) is 12.6 Å². The predicted molar refractivity (Wildman–Crippen MR) is 162 cm³/mol. The Hall–Kier alpha value is -2.86. The maximum Gasteiger partial charge on any atom is 0.330 e. The summed E-state index contributed by atoms with van der Waals surface area (Å²) >= 11 is 0. The van der Waals surface area contributed by atoms with Crippen molar-refractivity contribution < 1.29 is 9.53 Å². The molecule has 3 rings (SSSR count). The molecule has 0 heterocycles. The summed E-state index contributed by atoms with van der Waals surface area (Å²) in [5.41, 5.74) is 5.23. The Labute approximate surface area is 237 Å². The van der Waals surface area contributed by atoms with Crippen molar-refractivity contribution in [2.24, 2.45) is 5.41 Å². The van der Waals surface area contributed by atoms with Gasteiger partial charge in [-0.1, -0.05) is 120 Å². The normalized spacial score (nSPS) is 18.8. The molecule has 210 valence electrons. The number of hydrogen-bond acceptors (Lipinski definition) is 3. The number of carbonyl (C=O) groups is 1. The van der Waals surface area contributed by atoms with E-state index in [-0.39, 0.29) is 11.4 Å². The first kappa shape index (κ1) is 30.7. The summed E-state index contributed by atoms with van der Waals surface area (Å²) < 4.78 is 5.02. The summed E-state index contributed by atoms with van der Waals surface area (Å²) in [6.45, 7) is 6.15. The molecule has 1 aliphatic carbocycles. The summed E-state index contributed by atoms with van der Waals surface area (Å²) in [6, 6.07) is 21.0. The zero-order chi connectivity index (χ0) is 27.8. The number of benzene rings is 2. The van der Waals surface area contributed by atoms with Crippen molar-refractivity contribution in [2.45, 2.75) is 116 Å². The Morgan fingerprint density at radius 3 is 2.18 bits per heavy atom. The first-order valence-electron chi connectivity index (χ1n) is 15.5. The fraction of sp³-hybridized carbons (Fsp3) is 0.556. The molecule has 0 spiro atoms. The molecule has 0 aliphatic heterocycles. The summed E-state index contributed by atoms with van der Waals surface area (Å²) in [7, 11) is 0. The number of ether oxygens (including phenoxy) is 1. The first-order chi connectivity index (χ1) is 19.1. The van der Waals surface area contributed by atoms with Crippen LogP contribution in [-0.2, 0) is 16.0 Å². The van der Waals surface area contributed by atoms with Gasteiger partial charge in [0, 0.05) is 6.08 Å². The number of carbonyl (C=O) groups excluding carboxylic acids is 1. The van der Waals surface area contributed by atoms with Crippen LogP contribution in [0.25, 0.3) is 11.1 Å². The van der Waals surface area contributed by atoms with E-state index in [0.717, 1.165) is 51.4 Å². The highest BCUT2D eigenvalue weighted by Gasteiger charge is 2.36. The number of unbranched alkanes of at least 4 members (excludes halogenated alkanes) is 8. The van der Waals surface area contributed by atoms with Crippen LogP contribution in [0.2, 0.25) is 0 Å². The molecule has 2 aromatic rings. The van der Waals surface area contributed by atoms with Crippen molar-refractivity contribution in [3.63, 3.8) is 0 Å². The average molecular weight is 528 g/mol. The van der Waals surface area contributed by atoms with Crippen LogP contribution in [0.5, 0.6) is 0 Å². The van der Waals surface area contributed by atoms with Gasteiger partial charge in [-0.3, -0.25) is 0 Å². The van der Waals surface area contributed by atoms with E-state index >= 15 is 0 Å². The van der Waals surface area contributed by atoms with Crippen molar-refractivity contribution in [1.29, 1.82) is 5.26 Å². The van der Waals surface area contributed by atoms with Gasteiger partial charge in [0.05, 0.1) is 18.1 Å². The molecule has 0 radical (unpaired) electrons. The minimum Gasteiger partial charge on any atom is -0.463 e. The van der Waals surface area contributed by atoms with Gasteiger partial charge in [-0.15, -0.1) is 0 Å². The minimum absolute atomic E-state index is 0.154. The molecule has 3 nitrogen and oxygen atoms in total. The molecule has 0 amide bonds. The van der Waals surface area contributed by atoms with Crippen LogP contribution in [0.3, 0.4) is 0 Å². The van der Waals surface area contributed by atoms with Gasteiger partial charge in [0.2, 0.25) is 0 Å². The highest BCUT2D eigenvalue weighted by Crippen LogP contribution is 2.46. The van der Waals surface area contributed by atoms with E-state index in [4.69, 9.17) is 4.74 Å². The Balaban J connectivity index is 1.38. The number of rotatable bonds is 17. The van der Waals surface area contributed by atoms with Gasteiger partial charge in [0.1, 0.15) is 0 Å². The molecule has 0 N–H and O–H groups in total. The molecule has 0 saturated heterocycles. The predicted octanol–water partition coefficient (Wildman–Crippen LogP) is 10.1. The van der Waals surface area contributed by atoms with E-state index in [1.807, 2.05) is 0 Å². The fourth-order valence-corrected chi connectivity index (χ4v) is 6.08. The third-order valence-electron chi connectivity index (χ3n) is 8.53. The van der Waals surface area contributed by atoms with Gasteiger partial charge >= 0.3 is 5.97 Å². The van der Waals surface area contributed by atoms with Gasteiger partial charge in [0.15, 0.2) is 0 Å². The lowest BCUT2D eigenvalue weighted by atomic mass is 9.66. The molecule has 1 fully saturated rings. The van der Waals surface area contributed by atoms with Crippen molar-refractivity contribution in [3.05, 3.63) is 72.3 Å². The SMILES string of the molecule is C=CC(=O)OCCCCCCCCCCC1(C#N)CCCC(c2ccc(-c3ccc(CCCC)cc3)cc2)C1. The largest absolute Gasteiger partial charge is 0.463 e. The van der Waals surface area contributed by atoms with Crippen molar-refractivity contribution in [3.8, 4) is 17.2 Å². The Bertz CT molecular complexity index is 1030. The molecule has 1 aliphatic rings. The van der Waals surface area contributed by atoms with Gasteiger partial charge in [-0.2, -0.15) is 5.26 Å². The van der Waals surface area contributed by atoms with Crippen LogP contribution in [0, 0.1) is 16.7 Å². The van der Waals surface area contributed by atoms with E-state index < -0.39 is 0 Å². The molecular weight excluding hydrogens is 478 g/mol.